The van der Waals surface area contributed by atoms with Crippen LogP contribution in [0.1, 0.15) is 19.8 Å². The number of aldehydes is 1. The molecule has 12 heavy (non-hydrogen) atoms. The quantitative estimate of drug-likeness (QED) is 0.558. The number of rotatable bonds is 3. The number of hydrogen-bond donors (Lipinski definition) is 2. The van der Waals surface area contributed by atoms with Gasteiger partial charge in [0.1, 0.15) is 6.29 Å². The van der Waals surface area contributed by atoms with Gasteiger partial charge in [0.05, 0.1) is 12.1 Å². The molecule has 2 N–H and O–H groups in total. The van der Waals surface area contributed by atoms with Crippen molar-refractivity contribution < 1.29 is 9.59 Å². The highest BCUT2D eigenvalue weighted by atomic mass is 16.2. The third-order valence-electron chi connectivity index (χ3n) is 1.95. The number of carbonyl (C=O) groups excluding carboxylic acids is 2. The fraction of sp³-hybridized carbons (Fsp3) is 0.750. The molecule has 0 unspecified atom stereocenters. The van der Waals surface area contributed by atoms with Crippen LogP contribution in [0, 0.1) is 0 Å². The molecule has 1 saturated heterocycles. The third kappa shape index (κ3) is 2.30. The van der Waals surface area contributed by atoms with E-state index < -0.39 is 0 Å². The lowest BCUT2D eigenvalue weighted by atomic mass is 10.2. The molecule has 1 aliphatic rings. The first-order valence-electron chi connectivity index (χ1n) is 4.23. The highest BCUT2D eigenvalue weighted by Gasteiger charge is 2.22. The molecule has 1 fully saturated rings. The molecule has 1 amide bonds. The van der Waals surface area contributed by atoms with E-state index in [1.54, 1.807) is 6.92 Å². The molecule has 4 heteroatoms. The summed E-state index contributed by atoms with van der Waals surface area (Å²) in [6.45, 7) is 2.56. The second-order valence-corrected chi connectivity index (χ2v) is 3.08. The van der Waals surface area contributed by atoms with Crippen molar-refractivity contribution in [3.8, 4) is 0 Å². The smallest absolute Gasteiger partial charge is 0.237 e. The summed E-state index contributed by atoms with van der Waals surface area (Å²) in [5, 5.41) is 5.66. The van der Waals surface area contributed by atoms with Crippen LogP contribution >= 0.6 is 0 Å². The molecule has 0 bridgehead atoms. The van der Waals surface area contributed by atoms with Crippen LogP contribution in [0.15, 0.2) is 0 Å². The molecular formula is C8H14N2O2. The van der Waals surface area contributed by atoms with Gasteiger partial charge in [-0.2, -0.15) is 0 Å². The summed E-state index contributed by atoms with van der Waals surface area (Å²) < 4.78 is 0. The van der Waals surface area contributed by atoms with Crippen LogP contribution < -0.4 is 10.6 Å². The normalized spacial score (nSPS) is 24.9. The van der Waals surface area contributed by atoms with Gasteiger partial charge in [-0.05, 0) is 26.3 Å². The van der Waals surface area contributed by atoms with Crippen molar-refractivity contribution in [2.45, 2.75) is 31.8 Å². The molecule has 1 heterocycles. The topological polar surface area (TPSA) is 58.2 Å². The summed E-state index contributed by atoms with van der Waals surface area (Å²) >= 11 is 0. The van der Waals surface area contributed by atoms with E-state index >= 15 is 0 Å². The predicted molar refractivity (Wildman–Crippen MR) is 44.7 cm³/mol. The Morgan fingerprint density at radius 1 is 1.75 bits per heavy atom. The van der Waals surface area contributed by atoms with Crippen LogP contribution in [-0.2, 0) is 9.59 Å². The summed E-state index contributed by atoms with van der Waals surface area (Å²) in [6, 6.07) is -0.465. The molecule has 1 aliphatic heterocycles. The minimum atomic E-state index is -0.375. The maximum absolute atomic E-state index is 11.3. The highest BCUT2D eigenvalue weighted by molar-refractivity contribution is 5.84. The fourth-order valence-corrected chi connectivity index (χ4v) is 1.27. The monoisotopic (exact) mass is 170 g/mol. The number of amides is 1. The van der Waals surface area contributed by atoms with E-state index in [0.717, 1.165) is 25.7 Å². The first-order chi connectivity index (χ1) is 5.74. The second-order valence-electron chi connectivity index (χ2n) is 3.08. The Morgan fingerprint density at radius 2 is 2.50 bits per heavy atom. The molecule has 2 atom stereocenters. The van der Waals surface area contributed by atoms with Crippen LogP contribution in [0.3, 0.4) is 0 Å². The number of nitrogens with one attached hydrogen (secondary N) is 2. The number of carbonyl (C=O) groups is 2. The second kappa shape index (κ2) is 4.21. The van der Waals surface area contributed by atoms with Crippen LogP contribution in [0.2, 0.25) is 0 Å². The van der Waals surface area contributed by atoms with Crippen molar-refractivity contribution in [2.24, 2.45) is 0 Å². The van der Waals surface area contributed by atoms with E-state index in [-0.39, 0.29) is 18.0 Å². The average Bonchev–Trinajstić information content (AvgIpc) is 2.56. The van der Waals surface area contributed by atoms with Gasteiger partial charge in [-0.1, -0.05) is 0 Å². The summed E-state index contributed by atoms with van der Waals surface area (Å²) in [4.78, 5) is 21.5. The molecule has 0 aromatic heterocycles. The standard InChI is InChI=1S/C8H14N2O2/c1-6(5-11)10-8(12)7-3-2-4-9-7/h5-7,9H,2-4H2,1H3,(H,10,12)/t6-,7-/m0/s1. The first-order valence-corrected chi connectivity index (χ1v) is 4.23. The molecular weight excluding hydrogens is 156 g/mol. The fourth-order valence-electron chi connectivity index (χ4n) is 1.27. The summed E-state index contributed by atoms with van der Waals surface area (Å²) in [7, 11) is 0. The molecule has 0 aliphatic carbocycles. The SMILES string of the molecule is C[C@@H](C=O)NC(=O)[C@@H]1CCCN1. The molecule has 68 valence electrons. The molecule has 0 spiro atoms. The lowest BCUT2D eigenvalue weighted by Gasteiger charge is -2.12. The minimum Gasteiger partial charge on any atom is -0.346 e. The van der Waals surface area contributed by atoms with Gasteiger partial charge in [0.15, 0.2) is 0 Å². The molecule has 0 aromatic carbocycles. The lowest BCUT2D eigenvalue weighted by Crippen LogP contribution is -2.44. The van der Waals surface area contributed by atoms with Gasteiger partial charge in [-0.25, -0.2) is 0 Å². The first kappa shape index (κ1) is 9.19. The zero-order chi connectivity index (χ0) is 8.97. The maximum Gasteiger partial charge on any atom is 0.237 e. The van der Waals surface area contributed by atoms with Gasteiger partial charge < -0.3 is 15.4 Å². The van der Waals surface area contributed by atoms with Crippen molar-refractivity contribution in [3.63, 3.8) is 0 Å². The van der Waals surface area contributed by atoms with Crippen LogP contribution in [-0.4, -0.2) is 30.8 Å². The third-order valence-corrected chi connectivity index (χ3v) is 1.95. The van der Waals surface area contributed by atoms with E-state index in [1.807, 2.05) is 0 Å². The molecule has 0 saturated carbocycles. The van der Waals surface area contributed by atoms with Crippen molar-refractivity contribution in [3.05, 3.63) is 0 Å². The van der Waals surface area contributed by atoms with Gasteiger partial charge in [0.25, 0.3) is 0 Å². The average molecular weight is 170 g/mol. The predicted octanol–water partition coefficient (Wildman–Crippen LogP) is -0.558. The van der Waals surface area contributed by atoms with E-state index in [2.05, 4.69) is 10.6 Å². The zero-order valence-electron chi connectivity index (χ0n) is 7.17. The molecule has 1 rings (SSSR count). The van der Waals surface area contributed by atoms with Crippen molar-refractivity contribution in [2.75, 3.05) is 6.54 Å². The Morgan fingerprint density at radius 3 is 3.00 bits per heavy atom. The van der Waals surface area contributed by atoms with E-state index in [0.29, 0.717) is 0 Å². The largest absolute Gasteiger partial charge is 0.346 e. The summed E-state index contributed by atoms with van der Waals surface area (Å²) in [5.74, 6) is -0.0629. The molecule has 0 aromatic rings. The van der Waals surface area contributed by atoms with Crippen LogP contribution in [0.25, 0.3) is 0 Å². The van der Waals surface area contributed by atoms with Gasteiger partial charge >= 0.3 is 0 Å². The van der Waals surface area contributed by atoms with Gasteiger partial charge in [0, 0.05) is 0 Å². The van der Waals surface area contributed by atoms with E-state index in [9.17, 15) is 9.59 Å². The van der Waals surface area contributed by atoms with Crippen molar-refractivity contribution >= 4 is 12.2 Å². The minimum absolute atomic E-state index is 0.0629. The molecule has 0 radical (unpaired) electrons. The van der Waals surface area contributed by atoms with Gasteiger partial charge in [-0.15, -0.1) is 0 Å². The maximum atomic E-state index is 11.3. The van der Waals surface area contributed by atoms with Crippen LogP contribution in [0.5, 0.6) is 0 Å². The Balaban J connectivity index is 2.31. The Bertz CT molecular complexity index is 176. The van der Waals surface area contributed by atoms with Gasteiger partial charge in [-0.3, -0.25) is 4.79 Å². The van der Waals surface area contributed by atoms with Crippen molar-refractivity contribution in [1.29, 1.82) is 0 Å². The lowest BCUT2D eigenvalue weighted by molar-refractivity contribution is -0.125. The summed E-state index contributed by atoms with van der Waals surface area (Å²) in [5.41, 5.74) is 0. The van der Waals surface area contributed by atoms with Gasteiger partial charge in [0.2, 0.25) is 5.91 Å². The number of hydrogen-bond acceptors (Lipinski definition) is 3. The Labute approximate surface area is 71.7 Å². The van der Waals surface area contributed by atoms with Crippen molar-refractivity contribution in [1.82, 2.24) is 10.6 Å². The highest BCUT2D eigenvalue weighted by Crippen LogP contribution is 2.04. The Kier molecular flexibility index (Phi) is 3.22. The zero-order valence-corrected chi connectivity index (χ0v) is 7.17. The summed E-state index contributed by atoms with van der Waals surface area (Å²) in [6.07, 6.45) is 2.64. The van der Waals surface area contributed by atoms with Crippen LogP contribution in [0.4, 0.5) is 0 Å². The Hall–Kier alpha value is -0.900. The van der Waals surface area contributed by atoms with E-state index in [1.165, 1.54) is 0 Å². The molecule has 4 nitrogen and oxygen atoms in total. The van der Waals surface area contributed by atoms with E-state index in [4.69, 9.17) is 0 Å².